The highest BCUT2D eigenvalue weighted by Gasteiger charge is 2.23. The van der Waals surface area contributed by atoms with Gasteiger partial charge in [-0.15, -0.1) is 0 Å². The molecule has 9 heteroatoms. The smallest absolute Gasteiger partial charge is 0.247 e. The average molecular weight is 457 g/mol. The zero-order valence-corrected chi connectivity index (χ0v) is 19.7. The Balaban J connectivity index is 1.60. The van der Waals surface area contributed by atoms with Crippen molar-refractivity contribution in [2.75, 3.05) is 36.6 Å². The van der Waals surface area contributed by atoms with Crippen molar-refractivity contribution in [2.45, 2.75) is 27.3 Å². The van der Waals surface area contributed by atoms with Crippen molar-refractivity contribution in [1.82, 2.24) is 24.5 Å². The van der Waals surface area contributed by atoms with Crippen LogP contribution in [0.4, 0.5) is 11.8 Å². The number of aryl methyl sites for hydroxylation is 2. The molecule has 0 saturated carbocycles. The minimum Gasteiger partial charge on any atom is -0.378 e. The third-order valence-electron chi connectivity index (χ3n) is 5.90. The van der Waals surface area contributed by atoms with Crippen molar-refractivity contribution in [3.05, 3.63) is 59.9 Å². The number of anilines is 2. The number of rotatable bonds is 6. The molecule has 0 amide bonds. The number of hydrogen-bond acceptors (Lipinski definition) is 8. The lowest BCUT2D eigenvalue weighted by molar-refractivity contribution is 0.122. The van der Waals surface area contributed by atoms with Crippen molar-refractivity contribution in [3.8, 4) is 11.4 Å². The molecule has 4 aromatic rings. The van der Waals surface area contributed by atoms with Gasteiger partial charge in [0.25, 0.3) is 0 Å². The molecule has 34 heavy (non-hydrogen) atoms. The fourth-order valence-corrected chi connectivity index (χ4v) is 4.12. The third kappa shape index (κ3) is 4.34. The molecular weight excluding hydrogens is 428 g/mol. The van der Waals surface area contributed by atoms with E-state index in [1.54, 1.807) is 12.4 Å². The maximum atomic E-state index is 5.57. The van der Waals surface area contributed by atoms with Crippen molar-refractivity contribution < 1.29 is 4.74 Å². The summed E-state index contributed by atoms with van der Waals surface area (Å²) >= 11 is 0. The van der Waals surface area contributed by atoms with Crippen LogP contribution in [0.15, 0.2) is 53.9 Å². The van der Waals surface area contributed by atoms with Gasteiger partial charge in [0.05, 0.1) is 18.9 Å². The van der Waals surface area contributed by atoms with E-state index in [-0.39, 0.29) is 0 Å². The van der Waals surface area contributed by atoms with Crippen LogP contribution in [0.25, 0.3) is 22.6 Å². The summed E-state index contributed by atoms with van der Waals surface area (Å²) in [5.41, 5.74) is 8.74. The number of hydrogen-bond donors (Lipinski definition) is 1. The average Bonchev–Trinajstić information content (AvgIpc) is 3.26. The Morgan fingerprint density at radius 1 is 1.09 bits per heavy atom. The zero-order valence-electron chi connectivity index (χ0n) is 19.7. The Morgan fingerprint density at radius 2 is 1.88 bits per heavy atom. The Bertz CT molecular complexity index is 1330. The number of hydrazone groups is 1. The molecule has 1 saturated heterocycles. The maximum absolute atomic E-state index is 5.57. The monoisotopic (exact) mass is 456 g/mol. The molecule has 1 aliphatic heterocycles. The summed E-state index contributed by atoms with van der Waals surface area (Å²) < 4.78 is 7.68. The number of nitrogens with zero attached hydrogens (tertiary/aromatic N) is 7. The fraction of sp³-hybridized carbons (Fsp3) is 0.320. The number of morpholine rings is 1. The number of imidazole rings is 1. The van der Waals surface area contributed by atoms with Gasteiger partial charge in [0.2, 0.25) is 5.95 Å². The summed E-state index contributed by atoms with van der Waals surface area (Å²) in [6.07, 6.45) is 3.55. The van der Waals surface area contributed by atoms with Gasteiger partial charge in [-0.1, -0.05) is 29.8 Å². The standard InChI is InChI=1S/C25H28N8O/c1-4-33-22(19-8-10-26-11-9-19)27-21-23(32-12-14-34-15-13-32)28-25(29-24(21)33)31-30-18(3)20-7-5-6-17(2)16-20/h5-11,16H,4,12-15H2,1-3H3,(H,28,29,31)/b30-18+. The van der Waals surface area contributed by atoms with Crippen molar-refractivity contribution in [1.29, 1.82) is 0 Å². The van der Waals surface area contributed by atoms with Crippen LogP contribution in [0.2, 0.25) is 0 Å². The van der Waals surface area contributed by atoms with E-state index in [2.05, 4.69) is 51.0 Å². The van der Waals surface area contributed by atoms with Gasteiger partial charge in [-0.25, -0.2) is 10.4 Å². The number of pyridine rings is 1. The Morgan fingerprint density at radius 3 is 2.62 bits per heavy atom. The highest BCUT2D eigenvalue weighted by molar-refractivity contribution is 5.99. The number of aromatic nitrogens is 5. The predicted molar refractivity (Wildman–Crippen MR) is 134 cm³/mol. The summed E-state index contributed by atoms with van der Waals surface area (Å²) in [6.45, 7) is 9.67. The molecule has 0 atom stereocenters. The van der Waals surface area contributed by atoms with Crippen LogP contribution in [-0.4, -0.2) is 56.5 Å². The molecule has 174 valence electrons. The van der Waals surface area contributed by atoms with Crippen LogP contribution in [0.5, 0.6) is 0 Å². The van der Waals surface area contributed by atoms with Gasteiger partial charge in [-0.05, 0) is 38.5 Å². The van der Waals surface area contributed by atoms with Crippen molar-refractivity contribution in [3.63, 3.8) is 0 Å². The fourth-order valence-electron chi connectivity index (χ4n) is 4.12. The van der Waals surface area contributed by atoms with Gasteiger partial charge < -0.3 is 14.2 Å². The molecule has 0 bridgehead atoms. The van der Waals surface area contributed by atoms with E-state index in [1.807, 2.05) is 31.2 Å². The third-order valence-corrected chi connectivity index (χ3v) is 5.90. The van der Waals surface area contributed by atoms with Crippen LogP contribution in [0.1, 0.15) is 25.0 Å². The lowest BCUT2D eigenvalue weighted by Crippen LogP contribution is -2.37. The van der Waals surface area contributed by atoms with E-state index in [4.69, 9.17) is 19.7 Å². The second-order valence-corrected chi connectivity index (χ2v) is 8.24. The largest absolute Gasteiger partial charge is 0.378 e. The SMILES string of the molecule is CCn1c(-c2ccncc2)nc2c(N3CCOCC3)nc(N/N=C(\C)c3cccc(C)c3)nc21. The van der Waals surface area contributed by atoms with E-state index in [0.29, 0.717) is 19.2 Å². The van der Waals surface area contributed by atoms with E-state index in [0.717, 1.165) is 59.3 Å². The summed E-state index contributed by atoms with van der Waals surface area (Å²) in [5.74, 6) is 2.08. The van der Waals surface area contributed by atoms with Gasteiger partial charge in [0.1, 0.15) is 5.82 Å². The highest BCUT2D eigenvalue weighted by Crippen LogP contribution is 2.30. The first-order valence-corrected chi connectivity index (χ1v) is 11.5. The number of fused-ring (bicyclic) bond motifs is 1. The minimum atomic E-state index is 0.442. The molecule has 3 aromatic heterocycles. The molecule has 9 nitrogen and oxygen atoms in total. The van der Waals surface area contributed by atoms with Crippen molar-refractivity contribution >= 4 is 28.6 Å². The van der Waals surface area contributed by atoms with Crippen LogP contribution in [0.3, 0.4) is 0 Å². The quantitative estimate of drug-likeness (QED) is 0.347. The first kappa shape index (κ1) is 22.0. The Hall–Kier alpha value is -3.85. The molecule has 1 aliphatic rings. The second-order valence-electron chi connectivity index (χ2n) is 8.24. The van der Waals surface area contributed by atoms with Crippen LogP contribution in [-0.2, 0) is 11.3 Å². The summed E-state index contributed by atoms with van der Waals surface area (Å²) in [6, 6.07) is 12.2. The first-order valence-electron chi connectivity index (χ1n) is 11.5. The molecule has 0 aliphatic carbocycles. The molecular formula is C25H28N8O. The van der Waals surface area contributed by atoms with Gasteiger partial charge in [0, 0.05) is 37.6 Å². The van der Waals surface area contributed by atoms with E-state index >= 15 is 0 Å². The number of benzene rings is 1. The van der Waals surface area contributed by atoms with Gasteiger partial charge in [0.15, 0.2) is 17.0 Å². The molecule has 1 aromatic carbocycles. The van der Waals surface area contributed by atoms with Crippen LogP contribution in [0, 0.1) is 6.92 Å². The van der Waals surface area contributed by atoms with E-state index < -0.39 is 0 Å². The Kier molecular flexibility index (Phi) is 6.18. The number of ether oxygens (including phenoxy) is 1. The molecule has 5 rings (SSSR count). The summed E-state index contributed by atoms with van der Waals surface area (Å²) in [5, 5.41) is 4.58. The molecule has 0 radical (unpaired) electrons. The predicted octanol–water partition coefficient (Wildman–Crippen LogP) is 3.89. The Labute approximate surface area is 198 Å². The molecule has 4 heterocycles. The molecule has 1 fully saturated rings. The minimum absolute atomic E-state index is 0.442. The number of nitrogens with one attached hydrogen (secondary N) is 1. The summed E-state index contributed by atoms with van der Waals surface area (Å²) in [4.78, 5) is 21.0. The molecule has 0 spiro atoms. The molecule has 1 N–H and O–H groups in total. The van der Waals surface area contributed by atoms with Crippen LogP contribution >= 0.6 is 0 Å². The lowest BCUT2D eigenvalue weighted by atomic mass is 10.1. The van der Waals surface area contributed by atoms with E-state index in [9.17, 15) is 0 Å². The first-order chi connectivity index (χ1) is 16.6. The van der Waals surface area contributed by atoms with Crippen LogP contribution < -0.4 is 10.3 Å². The lowest BCUT2D eigenvalue weighted by Gasteiger charge is -2.28. The highest BCUT2D eigenvalue weighted by atomic mass is 16.5. The van der Waals surface area contributed by atoms with Gasteiger partial charge in [-0.3, -0.25) is 4.98 Å². The zero-order chi connectivity index (χ0) is 23.5. The normalized spacial score (nSPS) is 14.6. The second kappa shape index (κ2) is 9.56. The van der Waals surface area contributed by atoms with Gasteiger partial charge in [-0.2, -0.15) is 15.1 Å². The summed E-state index contributed by atoms with van der Waals surface area (Å²) in [7, 11) is 0. The van der Waals surface area contributed by atoms with Crippen molar-refractivity contribution in [2.24, 2.45) is 5.10 Å². The molecule has 0 unspecified atom stereocenters. The maximum Gasteiger partial charge on any atom is 0.247 e. The van der Waals surface area contributed by atoms with E-state index in [1.165, 1.54) is 5.56 Å². The topological polar surface area (TPSA) is 93.4 Å². The van der Waals surface area contributed by atoms with Gasteiger partial charge >= 0.3 is 0 Å².